The quantitative estimate of drug-likeness (QED) is 0.281. The summed E-state index contributed by atoms with van der Waals surface area (Å²) in [6, 6.07) is 21.2. The van der Waals surface area contributed by atoms with Crippen LogP contribution in [0.25, 0.3) is 0 Å². The minimum Gasteiger partial charge on any atom is -0.359 e. The molecule has 200 valence electrons. The number of nitrogens with zero attached hydrogens (tertiary/aromatic N) is 1. The Morgan fingerprint density at radius 2 is 1.53 bits per heavy atom. The molecule has 2 amide bonds. The minimum absolute atomic E-state index is 0.313. The molecule has 0 radical (unpaired) electrons. The highest BCUT2D eigenvalue weighted by Gasteiger charge is 2.25. The van der Waals surface area contributed by atoms with Gasteiger partial charge in [0, 0.05) is 38.3 Å². The van der Waals surface area contributed by atoms with E-state index in [9.17, 15) is 9.59 Å². The number of rotatable bonds is 13. The van der Waals surface area contributed by atoms with Gasteiger partial charge in [-0.3, -0.25) is 14.5 Å². The Morgan fingerprint density at radius 3 is 2.00 bits per heavy atom. The molecule has 2 atom stereocenters. The number of carbonyl (C=O) groups is 2. The maximum Gasteiger partial charge on any atom is 0.207 e. The molecule has 6 heteroatoms. The third-order valence-electron chi connectivity index (χ3n) is 6.19. The fourth-order valence-corrected chi connectivity index (χ4v) is 4.28. The maximum atomic E-state index is 10.4. The van der Waals surface area contributed by atoms with E-state index in [-0.39, 0.29) is 0 Å². The smallest absolute Gasteiger partial charge is 0.207 e. The molecule has 2 aromatic carbocycles. The van der Waals surface area contributed by atoms with Gasteiger partial charge in [0.25, 0.3) is 0 Å². The van der Waals surface area contributed by atoms with Gasteiger partial charge in [-0.25, -0.2) is 0 Å². The number of likely N-dealkylation sites (tertiary alicyclic amines) is 1. The Kier molecular flexibility index (Phi) is 17.8. The van der Waals surface area contributed by atoms with Gasteiger partial charge in [0.2, 0.25) is 12.8 Å². The van der Waals surface area contributed by atoms with Crippen LogP contribution in [0, 0.1) is 5.92 Å². The van der Waals surface area contributed by atoms with E-state index < -0.39 is 0 Å². The van der Waals surface area contributed by atoms with E-state index in [0.29, 0.717) is 25.0 Å². The molecule has 36 heavy (non-hydrogen) atoms. The lowest BCUT2D eigenvalue weighted by Crippen LogP contribution is -2.37. The molecule has 1 aliphatic rings. The zero-order chi connectivity index (χ0) is 26.4. The fraction of sp³-hybridized carbons (Fsp3) is 0.533. The second-order valence-electron chi connectivity index (χ2n) is 9.75. The van der Waals surface area contributed by atoms with Crippen molar-refractivity contribution in [2.24, 2.45) is 11.7 Å². The number of nitrogens with two attached hydrogens (primary N) is 1. The molecule has 4 N–H and O–H groups in total. The van der Waals surface area contributed by atoms with Crippen molar-refractivity contribution < 1.29 is 9.59 Å². The van der Waals surface area contributed by atoms with Gasteiger partial charge in [-0.2, -0.15) is 0 Å². The number of aryl methyl sites for hydroxylation is 1. The average molecular weight is 497 g/mol. The van der Waals surface area contributed by atoms with Crippen molar-refractivity contribution in [3.8, 4) is 0 Å². The lowest BCUT2D eigenvalue weighted by molar-refractivity contribution is -0.110. The molecule has 2 unspecified atom stereocenters. The van der Waals surface area contributed by atoms with E-state index in [2.05, 4.69) is 66.6 Å². The van der Waals surface area contributed by atoms with E-state index in [1.807, 2.05) is 30.3 Å². The first-order valence-electron chi connectivity index (χ1n) is 13.4. The first kappa shape index (κ1) is 31.3. The van der Waals surface area contributed by atoms with Gasteiger partial charge in [-0.1, -0.05) is 94.3 Å². The van der Waals surface area contributed by atoms with Crippen molar-refractivity contribution in [2.75, 3.05) is 19.6 Å². The van der Waals surface area contributed by atoms with Crippen molar-refractivity contribution in [1.29, 1.82) is 0 Å². The summed E-state index contributed by atoms with van der Waals surface area (Å²) < 4.78 is 0. The molecule has 1 saturated heterocycles. The molecule has 0 saturated carbocycles. The topological polar surface area (TPSA) is 87.5 Å². The normalized spacial score (nSPS) is 15.6. The van der Waals surface area contributed by atoms with Crippen LogP contribution in [-0.4, -0.2) is 49.4 Å². The number of carbonyl (C=O) groups excluding carboxylic acids is 2. The van der Waals surface area contributed by atoms with Crippen molar-refractivity contribution >= 4 is 12.8 Å². The van der Waals surface area contributed by atoms with E-state index in [1.165, 1.54) is 18.4 Å². The lowest BCUT2D eigenvalue weighted by Gasteiger charge is -2.28. The first-order chi connectivity index (χ1) is 17.5. The molecule has 0 aliphatic carbocycles. The summed E-state index contributed by atoms with van der Waals surface area (Å²) in [6.07, 6.45) is 8.48. The van der Waals surface area contributed by atoms with Gasteiger partial charge < -0.3 is 16.4 Å². The Morgan fingerprint density at radius 1 is 0.917 bits per heavy atom. The summed E-state index contributed by atoms with van der Waals surface area (Å²) in [5, 5.41) is 5.36. The Bertz CT molecular complexity index is 786. The standard InChI is InChI=1S/C16H25N3O.C8H9NO.C6H14/c17-15-9-11-19(12-15)16(8-10-18-13-20)7-6-14-4-2-1-3-5-14;10-7-9-6-8-4-2-1-3-5-8;1-4-5-6(2)3/h1-5,13,15-16H,6-12,17H2,(H,18,20);1-5,7H,6H2,(H,9,10);6H,4-5H2,1-3H3. The van der Waals surface area contributed by atoms with Gasteiger partial charge in [0.15, 0.2) is 0 Å². The predicted molar refractivity (Wildman–Crippen MR) is 150 cm³/mol. The zero-order valence-electron chi connectivity index (χ0n) is 22.6. The number of amides is 2. The molecule has 3 rings (SSSR count). The Hall–Kier alpha value is -2.70. The van der Waals surface area contributed by atoms with Crippen molar-refractivity contribution in [3.05, 3.63) is 71.8 Å². The molecule has 1 heterocycles. The highest BCUT2D eigenvalue weighted by atomic mass is 16.1. The SMILES string of the molecule is CCCC(C)C.NC1CCN(C(CCNC=O)CCc2ccccc2)C1.O=CNCc1ccccc1. The van der Waals surface area contributed by atoms with Crippen LogP contribution in [0.4, 0.5) is 0 Å². The summed E-state index contributed by atoms with van der Waals surface area (Å²) in [5.74, 6) is 0.898. The largest absolute Gasteiger partial charge is 0.359 e. The van der Waals surface area contributed by atoms with Crippen LogP contribution >= 0.6 is 0 Å². The van der Waals surface area contributed by atoms with Crippen LogP contribution in [0.15, 0.2) is 60.7 Å². The van der Waals surface area contributed by atoms with Crippen molar-refractivity contribution in [1.82, 2.24) is 15.5 Å². The number of hydrogen-bond donors (Lipinski definition) is 3. The monoisotopic (exact) mass is 496 g/mol. The van der Waals surface area contributed by atoms with Crippen molar-refractivity contribution in [3.63, 3.8) is 0 Å². The van der Waals surface area contributed by atoms with Crippen LogP contribution in [-0.2, 0) is 22.6 Å². The van der Waals surface area contributed by atoms with Crippen molar-refractivity contribution in [2.45, 2.75) is 77.9 Å². The molecule has 0 bridgehead atoms. The van der Waals surface area contributed by atoms with Crippen LogP contribution < -0.4 is 16.4 Å². The molecular formula is C30H48N4O2. The van der Waals surface area contributed by atoms with E-state index in [0.717, 1.165) is 63.2 Å². The zero-order valence-corrected chi connectivity index (χ0v) is 22.6. The molecule has 1 fully saturated rings. The summed E-state index contributed by atoms with van der Waals surface area (Å²) in [7, 11) is 0. The Labute approximate surface area is 219 Å². The van der Waals surface area contributed by atoms with Crippen LogP contribution in [0.2, 0.25) is 0 Å². The number of nitrogens with one attached hydrogen (secondary N) is 2. The molecule has 0 aromatic heterocycles. The van der Waals surface area contributed by atoms with Gasteiger partial charge in [0.05, 0.1) is 0 Å². The Balaban J connectivity index is 0.000000335. The number of benzene rings is 2. The van der Waals surface area contributed by atoms with Crippen LogP contribution in [0.5, 0.6) is 0 Å². The second kappa shape index (κ2) is 20.5. The summed E-state index contributed by atoms with van der Waals surface area (Å²) >= 11 is 0. The third-order valence-corrected chi connectivity index (χ3v) is 6.19. The summed E-state index contributed by atoms with van der Waals surface area (Å²) in [6.45, 7) is 10.2. The van der Waals surface area contributed by atoms with E-state index in [4.69, 9.17) is 5.73 Å². The second-order valence-corrected chi connectivity index (χ2v) is 9.75. The van der Waals surface area contributed by atoms with E-state index >= 15 is 0 Å². The molecule has 1 aliphatic heterocycles. The molecule has 0 spiro atoms. The fourth-order valence-electron chi connectivity index (χ4n) is 4.28. The van der Waals surface area contributed by atoms with Crippen LogP contribution in [0.1, 0.15) is 64.0 Å². The van der Waals surface area contributed by atoms with Gasteiger partial charge in [0.1, 0.15) is 0 Å². The van der Waals surface area contributed by atoms with Gasteiger partial charge in [-0.15, -0.1) is 0 Å². The van der Waals surface area contributed by atoms with Gasteiger partial charge in [-0.05, 0) is 42.7 Å². The maximum absolute atomic E-state index is 10.4. The van der Waals surface area contributed by atoms with Gasteiger partial charge >= 0.3 is 0 Å². The van der Waals surface area contributed by atoms with E-state index in [1.54, 1.807) is 0 Å². The minimum atomic E-state index is 0.313. The molecular weight excluding hydrogens is 448 g/mol. The average Bonchev–Trinajstić information content (AvgIpc) is 3.33. The molecule has 2 aromatic rings. The highest BCUT2D eigenvalue weighted by Crippen LogP contribution is 2.18. The lowest BCUT2D eigenvalue weighted by atomic mass is 10.0. The van der Waals surface area contributed by atoms with Crippen LogP contribution in [0.3, 0.4) is 0 Å². The third kappa shape index (κ3) is 15.3. The molecule has 6 nitrogen and oxygen atoms in total. The first-order valence-corrected chi connectivity index (χ1v) is 13.4. The summed E-state index contributed by atoms with van der Waals surface area (Å²) in [4.78, 5) is 22.7. The highest BCUT2D eigenvalue weighted by molar-refractivity contribution is 5.46. The summed E-state index contributed by atoms with van der Waals surface area (Å²) in [5.41, 5.74) is 8.51. The number of hydrogen-bond acceptors (Lipinski definition) is 4. The predicted octanol–water partition coefficient (Wildman–Crippen LogP) is 4.53.